The topological polar surface area (TPSA) is 37.9 Å². The Morgan fingerprint density at radius 2 is 1.94 bits per heavy atom. The van der Waals surface area contributed by atoms with E-state index in [4.69, 9.17) is 4.74 Å². The summed E-state index contributed by atoms with van der Waals surface area (Å²) < 4.78 is 5.62. The first-order valence-electron chi connectivity index (χ1n) is 5.89. The van der Waals surface area contributed by atoms with Gasteiger partial charge in [-0.15, -0.1) is 0 Å². The minimum Gasteiger partial charge on any atom is -0.370 e. The van der Waals surface area contributed by atoms with Crippen molar-refractivity contribution in [1.82, 2.24) is 9.97 Å². The van der Waals surface area contributed by atoms with Crippen molar-refractivity contribution in [1.29, 1.82) is 0 Å². The molecule has 1 atom stereocenters. The number of H-pyrrole nitrogens is 1. The van der Waals surface area contributed by atoms with Crippen LogP contribution in [0.4, 0.5) is 0 Å². The van der Waals surface area contributed by atoms with Crippen molar-refractivity contribution in [2.24, 2.45) is 0 Å². The molecule has 0 saturated carbocycles. The van der Waals surface area contributed by atoms with Gasteiger partial charge < -0.3 is 9.72 Å². The van der Waals surface area contributed by atoms with E-state index in [1.54, 1.807) is 19.6 Å². The second-order valence-corrected chi connectivity index (χ2v) is 4.19. The van der Waals surface area contributed by atoms with E-state index in [0.29, 0.717) is 0 Å². The third-order valence-corrected chi connectivity index (χ3v) is 3.14. The molecule has 90 valence electrons. The smallest absolute Gasteiger partial charge is 0.124 e. The van der Waals surface area contributed by atoms with Gasteiger partial charge in [-0.2, -0.15) is 0 Å². The number of rotatable bonds is 3. The second kappa shape index (κ2) is 4.63. The maximum absolute atomic E-state index is 5.62. The fourth-order valence-electron chi connectivity index (χ4n) is 2.31. The van der Waals surface area contributed by atoms with Gasteiger partial charge in [-0.1, -0.05) is 42.5 Å². The van der Waals surface area contributed by atoms with E-state index >= 15 is 0 Å². The third-order valence-electron chi connectivity index (χ3n) is 3.14. The molecule has 1 aromatic heterocycles. The fraction of sp³-hybridized carbons (Fsp3) is 0.133. The molecule has 1 N–H and O–H groups in total. The number of benzene rings is 2. The SMILES string of the molecule is COC(c1cnc[nH]1)c1cccc2ccccc12. The Kier molecular flexibility index (Phi) is 2.82. The van der Waals surface area contributed by atoms with Crippen molar-refractivity contribution in [3.05, 3.63) is 66.2 Å². The first-order valence-corrected chi connectivity index (χ1v) is 5.89. The number of ether oxygens (including phenoxy) is 1. The zero-order chi connectivity index (χ0) is 12.4. The van der Waals surface area contributed by atoms with E-state index in [1.807, 2.05) is 12.1 Å². The molecule has 0 amide bonds. The molecule has 1 unspecified atom stereocenters. The number of fused-ring (bicyclic) bond motifs is 1. The molecule has 0 aliphatic rings. The number of nitrogens with one attached hydrogen (secondary N) is 1. The highest BCUT2D eigenvalue weighted by Crippen LogP contribution is 2.29. The lowest BCUT2D eigenvalue weighted by molar-refractivity contribution is 0.134. The van der Waals surface area contributed by atoms with Crippen LogP contribution < -0.4 is 0 Å². The molecule has 3 heteroatoms. The van der Waals surface area contributed by atoms with Crippen molar-refractivity contribution in [2.45, 2.75) is 6.10 Å². The summed E-state index contributed by atoms with van der Waals surface area (Å²) in [6.07, 6.45) is 3.36. The summed E-state index contributed by atoms with van der Waals surface area (Å²) in [5.74, 6) is 0. The minimum atomic E-state index is -0.112. The van der Waals surface area contributed by atoms with Crippen LogP contribution in [-0.2, 0) is 4.74 Å². The molecular weight excluding hydrogens is 224 g/mol. The molecule has 0 saturated heterocycles. The van der Waals surface area contributed by atoms with Crippen molar-refractivity contribution in [3.63, 3.8) is 0 Å². The second-order valence-electron chi connectivity index (χ2n) is 4.19. The fourth-order valence-corrected chi connectivity index (χ4v) is 2.31. The van der Waals surface area contributed by atoms with Crippen LogP contribution in [0.1, 0.15) is 17.4 Å². The largest absolute Gasteiger partial charge is 0.370 e. The first-order chi connectivity index (χ1) is 8.90. The van der Waals surface area contributed by atoms with Gasteiger partial charge in [0.1, 0.15) is 6.10 Å². The molecule has 3 nitrogen and oxygen atoms in total. The molecule has 3 rings (SSSR count). The van der Waals surface area contributed by atoms with Crippen LogP contribution in [0.25, 0.3) is 10.8 Å². The third kappa shape index (κ3) is 1.79. The summed E-state index contributed by atoms with van der Waals surface area (Å²) >= 11 is 0. The van der Waals surface area contributed by atoms with Crippen molar-refractivity contribution < 1.29 is 4.74 Å². The lowest BCUT2D eigenvalue weighted by atomic mass is 9.99. The van der Waals surface area contributed by atoms with Gasteiger partial charge in [-0.25, -0.2) is 4.98 Å². The lowest BCUT2D eigenvalue weighted by Gasteiger charge is -2.16. The Hall–Kier alpha value is -2.13. The monoisotopic (exact) mass is 238 g/mol. The van der Waals surface area contributed by atoms with Crippen LogP contribution in [0.2, 0.25) is 0 Å². The molecule has 0 radical (unpaired) electrons. The lowest BCUT2D eigenvalue weighted by Crippen LogP contribution is -2.04. The van der Waals surface area contributed by atoms with Crippen LogP contribution in [0.3, 0.4) is 0 Å². The average molecular weight is 238 g/mol. The van der Waals surface area contributed by atoms with E-state index in [9.17, 15) is 0 Å². The Balaban J connectivity index is 2.18. The predicted molar refractivity (Wildman–Crippen MR) is 71.4 cm³/mol. The van der Waals surface area contributed by atoms with Crippen molar-refractivity contribution in [2.75, 3.05) is 7.11 Å². The summed E-state index contributed by atoms with van der Waals surface area (Å²) in [5, 5.41) is 2.43. The number of methoxy groups -OCH3 is 1. The van der Waals surface area contributed by atoms with Gasteiger partial charge >= 0.3 is 0 Å². The van der Waals surface area contributed by atoms with Gasteiger partial charge in [-0.05, 0) is 16.3 Å². The molecule has 0 aliphatic carbocycles. The molecular formula is C15H14N2O. The Morgan fingerprint density at radius 1 is 1.11 bits per heavy atom. The van der Waals surface area contributed by atoms with Gasteiger partial charge in [0.25, 0.3) is 0 Å². The summed E-state index contributed by atoms with van der Waals surface area (Å²) in [7, 11) is 1.72. The summed E-state index contributed by atoms with van der Waals surface area (Å²) in [4.78, 5) is 7.18. The Morgan fingerprint density at radius 3 is 2.72 bits per heavy atom. The van der Waals surface area contributed by atoms with E-state index in [2.05, 4.69) is 40.3 Å². The highest BCUT2D eigenvalue weighted by molar-refractivity contribution is 5.86. The Labute approximate surface area is 105 Å². The quantitative estimate of drug-likeness (QED) is 0.760. The minimum absolute atomic E-state index is 0.112. The molecule has 18 heavy (non-hydrogen) atoms. The van der Waals surface area contributed by atoms with E-state index in [0.717, 1.165) is 11.3 Å². The zero-order valence-corrected chi connectivity index (χ0v) is 10.1. The number of aromatic nitrogens is 2. The molecule has 0 spiro atoms. The number of aromatic amines is 1. The molecule has 0 bridgehead atoms. The van der Waals surface area contributed by atoms with Gasteiger partial charge in [0.05, 0.1) is 18.2 Å². The molecule has 3 aromatic rings. The molecule has 1 heterocycles. The summed E-state index contributed by atoms with van der Waals surface area (Å²) in [6, 6.07) is 14.6. The van der Waals surface area contributed by atoms with Gasteiger partial charge in [0.2, 0.25) is 0 Å². The molecule has 2 aromatic carbocycles. The van der Waals surface area contributed by atoms with E-state index in [1.165, 1.54) is 10.8 Å². The van der Waals surface area contributed by atoms with E-state index < -0.39 is 0 Å². The highest BCUT2D eigenvalue weighted by atomic mass is 16.5. The van der Waals surface area contributed by atoms with Crippen molar-refractivity contribution >= 4 is 10.8 Å². The van der Waals surface area contributed by atoms with E-state index in [-0.39, 0.29) is 6.10 Å². The van der Waals surface area contributed by atoms with Crippen molar-refractivity contribution in [3.8, 4) is 0 Å². The number of hydrogen-bond donors (Lipinski definition) is 1. The summed E-state index contributed by atoms with van der Waals surface area (Å²) in [5.41, 5.74) is 2.12. The van der Waals surface area contributed by atoms with Crippen LogP contribution in [0.15, 0.2) is 55.0 Å². The van der Waals surface area contributed by atoms with Gasteiger partial charge in [-0.3, -0.25) is 0 Å². The molecule has 0 aliphatic heterocycles. The number of imidazole rings is 1. The Bertz CT molecular complexity index is 641. The predicted octanol–water partition coefficient (Wildman–Crippen LogP) is 3.30. The van der Waals surface area contributed by atoms with Gasteiger partial charge in [0.15, 0.2) is 0 Å². The number of nitrogens with zero attached hydrogens (tertiary/aromatic N) is 1. The van der Waals surface area contributed by atoms with Crippen LogP contribution in [0, 0.1) is 0 Å². The normalized spacial score (nSPS) is 12.7. The van der Waals surface area contributed by atoms with Crippen LogP contribution >= 0.6 is 0 Å². The van der Waals surface area contributed by atoms with Crippen LogP contribution in [0.5, 0.6) is 0 Å². The van der Waals surface area contributed by atoms with Gasteiger partial charge in [0, 0.05) is 7.11 Å². The number of hydrogen-bond acceptors (Lipinski definition) is 2. The van der Waals surface area contributed by atoms with Crippen LogP contribution in [-0.4, -0.2) is 17.1 Å². The summed E-state index contributed by atoms with van der Waals surface area (Å²) in [6.45, 7) is 0. The first kappa shape index (κ1) is 11.0. The highest BCUT2D eigenvalue weighted by Gasteiger charge is 2.16. The maximum Gasteiger partial charge on any atom is 0.124 e. The maximum atomic E-state index is 5.62. The standard InChI is InChI=1S/C15H14N2O/c1-18-15(14-9-16-10-17-14)13-8-4-6-11-5-2-3-7-12(11)13/h2-10,15H,1H3,(H,16,17). The zero-order valence-electron chi connectivity index (χ0n) is 10.1. The average Bonchev–Trinajstić information content (AvgIpc) is 2.94. The molecule has 0 fully saturated rings.